The highest BCUT2D eigenvalue weighted by molar-refractivity contribution is 6.09. The lowest BCUT2D eigenvalue weighted by Gasteiger charge is -2.11. The average molecular weight is 570 g/mol. The second kappa shape index (κ2) is 9.75. The number of aromatic nitrogens is 4. The van der Waals surface area contributed by atoms with Gasteiger partial charge in [0.05, 0.1) is 17.9 Å². The number of fused-ring (bicyclic) bond motifs is 6. The Morgan fingerprint density at radius 2 is 1.14 bits per heavy atom. The van der Waals surface area contributed by atoms with Gasteiger partial charge in [0, 0.05) is 32.7 Å². The fraction of sp³-hybridized carbons (Fsp3) is 0. The van der Waals surface area contributed by atoms with Crippen LogP contribution >= 0.6 is 0 Å². The first kappa shape index (κ1) is 19.9. The van der Waals surface area contributed by atoms with Crippen LogP contribution in [0.3, 0.4) is 0 Å². The van der Waals surface area contributed by atoms with Crippen molar-refractivity contribution in [3.8, 4) is 39.9 Å². The lowest BCUT2D eigenvalue weighted by atomic mass is 10.0. The summed E-state index contributed by atoms with van der Waals surface area (Å²) in [6.45, 7) is 0. The monoisotopic (exact) mass is 569 g/mol. The summed E-state index contributed by atoms with van der Waals surface area (Å²) in [4.78, 5) is 15.0. The van der Waals surface area contributed by atoms with Crippen LogP contribution in [0, 0.1) is 0 Å². The largest absolute Gasteiger partial charge is 0.456 e. The lowest BCUT2D eigenvalue weighted by Crippen LogP contribution is -2.06. The molecule has 6 aromatic carbocycles. The van der Waals surface area contributed by atoms with Crippen molar-refractivity contribution in [3.63, 3.8) is 0 Å². The summed E-state index contributed by atoms with van der Waals surface area (Å²) in [5.41, 5.74) is 5.39. The van der Waals surface area contributed by atoms with Gasteiger partial charge in [0.2, 0.25) is 5.95 Å². The molecule has 0 aliphatic carbocycles. The summed E-state index contributed by atoms with van der Waals surface area (Å²) < 4.78 is 49.3. The minimum atomic E-state index is -0.425. The molecule has 0 fully saturated rings. The summed E-state index contributed by atoms with van der Waals surface area (Å²) in [6.07, 6.45) is 0. The molecule has 206 valence electrons. The van der Waals surface area contributed by atoms with E-state index < -0.39 is 6.04 Å². The Balaban J connectivity index is 1.23. The van der Waals surface area contributed by atoms with Crippen molar-refractivity contribution in [2.24, 2.45) is 0 Å². The molecular formula is C39H24N4O. The Kier molecular flexibility index (Phi) is 4.42. The van der Waals surface area contributed by atoms with Gasteiger partial charge in [0.1, 0.15) is 11.2 Å². The van der Waals surface area contributed by atoms with E-state index in [1.807, 2.05) is 78.9 Å². The molecule has 0 unspecified atom stereocenters. The van der Waals surface area contributed by atoms with Crippen LogP contribution in [-0.4, -0.2) is 19.5 Å². The number of nitrogens with zero attached hydrogens (tertiary/aromatic N) is 4. The summed E-state index contributed by atoms with van der Waals surface area (Å²) in [6, 6.07) is 35.7. The van der Waals surface area contributed by atoms with Crippen LogP contribution < -0.4 is 0 Å². The van der Waals surface area contributed by atoms with E-state index >= 15 is 0 Å². The number of rotatable bonds is 4. The maximum atomic E-state index is 8.43. The highest BCUT2D eigenvalue weighted by Crippen LogP contribution is 2.36. The molecule has 0 bridgehead atoms. The van der Waals surface area contributed by atoms with Gasteiger partial charge in [0.15, 0.2) is 11.6 Å². The molecule has 5 heteroatoms. The van der Waals surface area contributed by atoms with Crippen molar-refractivity contribution < 1.29 is 11.3 Å². The Bertz CT molecular complexity index is 2710. The van der Waals surface area contributed by atoms with Crippen molar-refractivity contribution in [1.82, 2.24) is 19.5 Å². The first-order valence-electron chi connectivity index (χ1n) is 16.7. The number of para-hydroxylation sites is 2. The highest BCUT2D eigenvalue weighted by atomic mass is 16.3. The van der Waals surface area contributed by atoms with Gasteiger partial charge in [0.25, 0.3) is 0 Å². The summed E-state index contributed by atoms with van der Waals surface area (Å²) in [7, 11) is 0. The molecule has 44 heavy (non-hydrogen) atoms. The molecule has 9 rings (SSSR count). The fourth-order valence-corrected chi connectivity index (χ4v) is 5.91. The minimum Gasteiger partial charge on any atom is -0.456 e. The van der Waals surface area contributed by atoms with Gasteiger partial charge in [-0.1, -0.05) is 103 Å². The van der Waals surface area contributed by atoms with Gasteiger partial charge >= 0.3 is 0 Å². The molecular weight excluding hydrogens is 540 g/mol. The van der Waals surface area contributed by atoms with Gasteiger partial charge in [-0.2, -0.15) is 9.97 Å². The molecule has 0 aliphatic rings. The smallest absolute Gasteiger partial charge is 0.238 e. The lowest BCUT2D eigenvalue weighted by molar-refractivity contribution is 0.669. The van der Waals surface area contributed by atoms with Crippen LogP contribution in [0.5, 0.6) is 0 Å². The zero-order chi connectivity index (χ0) is 33.4. The summed E-state index contributed by atoms with van der Waals surface area (Å²) in [5.74, 6) is 1.54. The molecule has 0 amide bonds. The molecule has 0 N–H and O–H groups in total. The maximum absolute atomic E-state index is 8.43. The number of hydrogen-bond donors (Lipinski definition) is 0. The van der Waals surface area contributed by atoms with Crippen LogP contribution in [0.15, 0.2) is 150 Å². The van der Waals surface area contributed by atoms with Gasteiger partial charge in [-0.3, -0.25) is 4.57 Å². The van der Waals surface area contributed by atoms with E-state index in [-0.39, 0.29) is 29.7 Å². The number of benzene rings is 6. The topological polar surface area (TPSA) is 56.7 Å². The van der Waals surface area contributed by atoms with Gasteiger partial charge in [-0.15, -0.1) is 0 Å². The van der Waals surface area contributed by atoms with E-state index in [1.54, 1.807) is 12.1 Å². The molecule has 0 spiro atoms. The van der Waals surface area contributed by atoms with Crippen molar-refractivity contribution in [1.29, 1.82) is 0 Å². The van der Waals surface area contributed by atoms with Gasteiger partial charge < -0.3 is 4.42 Å². The Hall–Kier alpha value is -6.07. The number of furan rings is 1. The molecule has 0 aliphatic heterocycles. The zero-order valence-corrected chi connectivity index (χ0v) is 23.2. The van der Waals surface area contributed by atoms with Crippen LogP contribution in [0.2, 0.25) is 0 Å². The second-order valence-electron chi connectivity index (χ2n) is 10.5. The fourth-order valence-electron chi connectivity index (χ4n) is 5.91. The third-order valence-electron chi connectivity index (χ3n) is 7.95. The zero-order valence-electron chi connectivity index (χ0n) is 28.2. The van der Waals surface area contributed by atoms with Crippen molar-refractivity contribution in [2.45, 2.75) is 0 Å². The standard InChI is InChI=1S/C39H24N4O/c1-3-11-25(12-4-1)27-19-21-31-32-23-28(20-22-35(32)44-36(31)24-27)38-40-37(26-13-5-2-6-14-26)41-39(42-38)43-33-17-9-7-15-29(33)30-16-8-10-18-34(30)43/h1-24H/i1D,3D,4D,11D,12D. The predicted octanol–water partition coefficient (Wildman–Crippen LogP) is 9.87. The summed E-state index contributed by atoms with van der Waals surface area (Å²) in [5, 5.41) is 3.86. The van der Waals surface area contributed by atoms with E-state index in [0.717, 1.165) is 43.7 Å². The van der Waals surface area contributed by atoms with Gasteiger partial charge in [-0.05, 0) is 53.6 Å². The highest BCUT2D eigenvalue weighted by Gasteiger charge is 2.18. The van der Waals surface area contributed by atoms with Crippen LogP contribution in [0.4, 0.5) is 0 Å². The Labute approximate surface area is 259 Å². The van der Waals surface area contributed by atoms with E-state index in [4.69, 9.17) is 26.2 Å². The van der Waals surface area contributed by atoms with Gasteiger partial charge in [-0.25, -0.2) is 4.98 Å². The van der Waals surface area contributed by atoms with E-state index in [0.29, 0.717) is 34.3 Å². The molecule has 0 saturated carbocycles. The first-order valence-corrected chi connectivity index (χ1v) is 14.2. The van der Waals surface area contributed by atoms with Crippen molar-refractivity contribution in [2.75, 3.05) is 0 Å². The SMILES string of the molecule is [2H]c1c([2H])c([2H])c(-c2ccc3c(c2)oc2ccc(-c4nc(-c5ccccc5)nc(-n5c6ccccc6c6ccccc65)n4)cc23)c([2H])c1[2H]. The maximum Gasteiger partial charge on any atom is 0.238 e. The van der Waals surface area contributed by atoms with E-state index in [9.17, 15) is 0 Å². The summed E-state index contributed by atoms with van der Waals surface area (Å²) >= 11 is 0. The Morgan fingerprint density at radius 3 is 1.89 bits per heavy atom. The molecule has 5 nitrogen and oxygen atoms in total. The number of hydrogen-bond acceptors (Lipinski definition) is 4. The van der Waals surface area contributed by atoms with Crippen LogP contribution in [0.1, 0.15) is 6.85 Å². The van der Waals surface area contributed by atoms with E-state index in [1.165, 1.54) is 0 Å². The molecule has 3 heterocycles. The quantitative estimate of drug-likeness (QED) is 0.212. The average Bonchev–Trinajstić information content (AvgIpc) is 3.68. The van der Waals surface area contributed by atoms with Crippen LogP contribution in [0.25, 0.3) is 83.6 Å². The molecule has 0 radical (unpaired) electrons. The third-order valence-corrected chi connectivity index (χ3v) is 7.95. The normalized spacial score (nSPS) is 13.2. The van der Waals surface area contributed by atoms with E-state index in [2.05, 4.69) is 28.8 Å². The first-order chi connectivity index (χ1) is 23.9. The predicted molar refractivity (Wildman–Crippen MR) is 178 cm³/mol. The van der Waals surface area contributed by atoms with Crippen molar-refractivity contribution >= 4 is 43.7 Å². The van der Waals surface area contributed by atoms with Crippen molar-refractivity contribution in [3.05, 3.63) is 145 Å². The second-order valence-corrected chi connectivity index (χ2v) is 10.5. The molecule has 0 atom stereocenters. The molecule has 9 aromatic rings. The molecule has 0 saturated heterocycles. The minimum absolute atomic E-state index is 0.130. The molecule has 3 aromatic heterocycles. The van der Waals surface area contributed by atoms with Crippen LogP contribution in [-0.2, 0) is 0 Å². The Morgan fingerprint density at radius 1 is 0.477 bits per heavy atom. The third kappa shape index (κ3) is 3.91.